The van der Waals surface area contributed by atoms with Gasteiger partial charge in [0, 0.05) is 11.7 Å². The molecule has 1 aromatic heterocycles. The van der Waals surface area contributed by atoms with Crippen LogP contribution < -0.4 is 11.1 Å². The summed E-state index contributed by atoms with van der Waals surface area (Å²) in [6.45, 7) is 0.332. The lowest BCUT2D eigenvalue weighted by Crippen LogP contribution is -2.22. The van der Waals surface area contributed by atoms with E-state index in [1.165, 1.54) is 11.3 Å². The number of hydrogen-bond donors (Lipinski definition) is 2. The maximum absolute atomic E-state index is 11.8. The monoisotopic (exact) mass is 267 g/mol. The van der Waals surface area contributed by atoms with Gasteiger partial charge in [0.25, 0.3) is 0 Å². The van der Waals surface area contributed by atoms with Crippen molar-refractivity contribution in [3.63, 3.8) is 0 Å². The Morgan fingerprint density at radius 1 is 1.71 bits per heavy atom. The number of rotatable bonds is 2. The lowest BCUT2D eigenvalue weighted by atomic mass is 10.1. The molecular formula is C11H13N3OS2. The van der Waals surface area contributed by atoms with E-state index in [2.05, 4.69) is 22.1 Å². The minimum atomic E-state index is 0.0719. The molecule has 1 atom stereocenters. The largest absolute Gasteiger partial charge is 0.320 e. The first kappa shape index (κ1) is 12.4. The lowest BCUT2D eigenvalue weighted by molar-refractivity contribution is -0.119. The first-order valence-electron chi connectivity index (χ1n) is 5.33. The van der Waals surface area contributed by atoms with E-state index >= 15 is 0 Å². The Labute approximate surface area is 108 Å². The maximum atomic E-state index is 11.8. The summed E-state index contributed by atoms with van der Waals surface area (Å²) in [4.78, 5) is 16.8. The Morgan fingerprint density at radius 3 is 3.29 bits per heavy atom. The number of anilines is 1. The predicted octanol–water partition coefficient (Wildman–Crippen LogP) is 1.14. The zero-order chi connectivity index (χ0) is 12.1. The van der Waals surface area contributed by atoms with Crippen LogP contribution in [0.3, 0.4) is 0 Å². The summed E-state index contributed by atoms with van der Waals surface area (Å²) in [5.74, 6) is 7.84. The number of carbonyl (C=O) groups is 1. The highest BCUT2D eigenvalue weighted by molar-refractivity contribution is 7.99. The van der Waals surface area contributed by atoms with Gasteiger partial charge in [0.15, 0.2) is 5.13 Å². The topological polar surface area (TPSA) is 68.0 Å². The Balaban J connectivity index is 1.94. The van der Waals surface area contributed by atoms with Crippen molar-refractivity contribution in [1.82, 2.24) is 4.98 Å². The molecule has 1 unspecified atom stereocenters. The zero-order valence-electron chi connectivity index (χ0n) is 9.23. The van der Waals surface area contributed by atoms with Crippen LogP contribution in [0.2, 0.25) is 0 Å². The van der Waals surface area contributed by atoms with Crippen LogP contribution >= 0.6 is 23.1 Å². The molecule has 0 radical (unpaired) electrons. The number of carbonyl (C=O) groups excluding carboxylic acids is 1. The van der Waals surface area contributed by atoms with E-state index in [-0.39, 0.29) is 11.8 Å². The summed E-state index contributed by atoms with van der Waals surface area (Å²) >= 11 is 3.20. The van der Waals surface area contributed by atoms with Crippen molar-refractivity contribution in [1.29, 1.82) is 0 Å². The second-order valence-electron chi connectivity index (χ2n) is 3.59. The van der Waals surface area contributed by atoms with Crippen molar-refractivity contribution >= 4 is 34.1 Å². The average molecular weight is 267 g/mol. The summed E-state index contributed by atoms with van der Waals surface area (Å²) in [6, 6.07) is 0. The van der Waals surface area contributed by atoms with Gasteiger partial charge in [-0.05, 0) is 12.2 Å². The molecule has 4 nitrogen and oxygen atoms in total. The molecule has 0 bridgehead atoms. The molecule has 1 saturated heterocycles. The molecule has 3 N–H and O–H groups in total. The van der Waals surface area contributed by atoms with E-state index < -0.39 is 0 Å². The van der Waals surface area contributed by atoms with Crippen LogP contribution in [0.5, 0.6) is 0 Å². The fourth-order valence-electron chi connectivity index (χ4n) is 1.48. The number of nitrogens with one attached hydrogen (secondary N) is 1. The molecule has 0 aromatic carbocycles. The minimum absolute atomic E-state index is 0.0719. The Morgan fingerprint density at radius 2 is 2.59 bits per heavy atom. The summed E-state index contributed by atoms with van der Waals surface area (Å²) in [7, 11) is 0. The molecule has 0 spiro atoms. The molecule has 6 heteroatoms. The first-order chi connectivity index (χ1) is 8.29. The Bertz CT molecular complexity index is 455. The predicted molar refractivity (Wildman–Crippen MR) is 72.1 cm³/mol. The molecule has 1 aliphatic rings. The highest BCUT2D eigenvalue weighted by Crippen LogP contribution is 2.25. The van der Waals surface area contributed by atoms with Gasteiger partial charge < -0.3 is 11.1 Å². The molecule has 0 saturated carbocycles. The molecule has 1 aliphatic heterocycles. The fraction of sp³-hybridized carbons (Fsp3) is 0.455. The van der Waals surface area contributed by atoms with Crippen molar-refractivity contribution in [2.24, 2.45) is 11.7 Å². The van der Waals surface area contributed by atoms with Gasteiger partial charge >= 0.3 is 0 Å². The summed E-state index contributed by atoms with van der Waals surface area (Å²) in [5, 5.41) is 3.46. The lowest BCUT2D eigenvalue weighted by Gasteiger charge is -2.06. The minimum Gasteiger partial charge on any atom is -0.320 e. The van der Waals surface area contributed by atoms with Gasteiger partial charge in [-0.3, -0.25) is 4.79 Å². The molecular weight excluding hydrogens is 254 g/mol. The molecule has 17 heavy (non-hydrogen) atoms. The third-order valence-electron chi connectivity index (χ3n) is 2.35. The van der Waals surface area contributed by atoms with E-state index in [4.69, 9.17) is 5.73 Å². The molecule has 90 valence electrons. The number of hydrogen-bond acceptors (Lipinski definition) is 5. The van der Waals surface area contributed by atoms with Crippen molar-refractivity contribution in [2.75, 3.05) is 23.4 Å². The fourth-order valence-corrected chi connectivity index (χ4v) is 3.39. The van der Waals surface area contributed by atoms with Crippen molar-refractivity contribution in [3.05, 3.63) is 11.1 Å². The third kappa shape index (κ3) is 3.46. The van der Waals surface area contributed by atoms with Crippen LogP contribution in [0, 0.1) is 17.8 Å². The van der Waals surface area contributed by atoms with Gasteiger partial charge in [-0.1, -0.05) is 23.2 Å². The number of thioether (sulfide) groups is 1. The van der Waals surface area contributed by atoms with Crippen LogP contribution in [0.25, 0.3) is 0 Å². The number of thiazole rings is 1. The van der Waals surface area contributed by atoms with E-state index in [0.717, 1.165) is 22.8 Å². The van der Waals surface area contributed by atoms with E-state index in [1.807, 2.05) is 11.8 Å². The Hall–Kier alpha value is -1.03. The van der Waals surface area contributed by atoms with Crippen molar-refractivity contribution in [2.45, 2.75) is 6.42 Å². The van der Waals surface area contributed by atoms with Crippen LogP contribution in [-0.2, 0) is 4.79 Å². The molecule has 1 aromatic rings. The second-order valence-corrected chi connectivity index (χ2v) is 5.77. The van der Waals surface area contributed by atoms with Crippen LogP contribution in [0.15, 0.2) is 6.20 Å². The van der Waals surface area contributed by atoms with Crippen LogP contribution in [0.1, 0.15) is 11.3 Å². The van der Waals surface area contributed by atoms with Crippen molar-refractivity contribution in [3.8, 4) is 11.8 Å². The Kier molecular flexibility index (Phi) is 4.42. The summed E-state index contributed by atoms with van der Waals surface area (Å²) in [5.41, 5.74) is 5.29. The first-order valence-corrected chi connectivity index (χ1v) is 7.30. The number of nitrogens with zero attached hydrogens (tertiary/aromatic N) is 1. The van der Waals surface area contributed by atoms with Gasteiger partial charge in [-0.25, -0.2) is 4.98 Å². The summed E-state index contributed by atoms with van der Waals surface area (Å²) < 4.78 is 0. The standard InChI is InChI=1S/C11H13N3OS2/c12-4-1-2-9-6-13-11(17-9)14-10(15)8-3-5-16-7-8/h6,8H,3-5,7,12H2,(H,13,14,15). The van der Waals surface area contributed by atoms with E-state index in [0.29, 0.717) is 11.7 Å². The van der Waals surface area contributed by atoms with E-state index in [9.17, 15) is 4.79 Å². The second kappa shape index (κ2) is 6.05. The number of nitrogens with two attached hydrogens (primary N) is 1. The van der Waals surface area contributed by atoms with Gasteiger partial charge in [-0.15, -0.1) is 0 Å². The van der Waals surface area contributed by atoms with Gasteiger partial charge in [0.2, 0.25) is 5.91 Å². The van der Waals surface area contributed by atoms with Crippen LogP contribution in [-0.4, -0.2) is 28.9 Å². The van der Waals surface area contributed by atoms with Crippen molar-refractivity contribution < 1.29 is 4.79 Å². The van der Waals surface area contributed by atoms with Gasteiger partial charge in [0.05, 0.1) is 17.6 Å². The highest BCUT2D eigenvalue weighted by Gasteiger charge is 2.23. The molecule has 2 rings (SSSR count). The third-order valence-corrected chi connectivity index (χ3v) is 4.34. The molecule has 1 amide bonds. The van der Waals surface area contributed by atoms with Gasteiger partial charge in [0.1, 0.15) is 0 Å². The zero-order valence-corrected chi connectivity index (χ0v) is 10.9. The SMILES string of the molecule is NCC#Cc1cnc(NC(=O)C2CCSC2)s1. The highest BCUT2D eigenvalue weighted by atomic mass is 32.2. The van der Waals surface area contributed by atoms with E-state index in [1.54, 1.807) is 6.20 Å². The summed E-state index contributed by atoms with van der Waals surface area (Å²) in [6.07, 6.45) is 2.62. The number of amides is 1. The molecule has 1 fully saturated rings. The van der Waals surface area contributed by atoms with Crippen LogP contribution in [0.4, 0.5) is 5.13 Å². The number of aromatic nitrogens is 1. The molecule has 2 heterocycles. The average Bonchev–Trinajstić information content (AvgIpc) is 2.97. The smallest absolute Gasteiger partial charge is 0.230 e. The quantitative estimate of drug-likeness (QED) is 0.789. The maximum Gasteiger partial charge on any atom is 0.230 e. The normalized spacial score (nSPS) is 18.5. The van der Waals surface area contributed by atoms with Gasteiger partial charge in [-0.2, -0.15) is 11.8 Å². The molecule has 0 aliphatic carbocycles.